The Morgan fingerprint density at radius 3 is 2.90 bits per heavy atom. The minimum atomic E-state index is 0.666. The predicted octanol–water partition coefficient (Wildman–Crippen LogP) is 3.29. The Labute approximate surface area is 124 Å². The molecule has 0 bridgehead atoms. The third-order valence-corrected chi connectivity index (χ3v) is 3.41. The molecular formula is C15H20N4S. The van der Waals surface area contributed by atoms with Crippen LogP contribution >= 0.6 is 12.2 Å². The maximum atomic E-state index is 5.47. The van der Waals surface area contributed by atoms with Crippen molar-refractivity contribution in [2.24, 2.45) is 0 Å². The van der Waals surface area contributed by atoms with E-state index in [1.807, 2.05) is 30.3 Å². The number of thiocarbonyl (C=S) groups is 1. The number of nitrogens with one attached hydrogen (secondary N) is 1. The van der Waals surface area contributed by atoms with Gasteiger partial charge in [0.1, 0.15) is 10.5 Å². The second-order valence-electron chi connectivity index (χ2n) is 4.63. The molecule has 2 rings (SSSR count). The molecule has 0 radical (unpaired) electrons. The summed E-state index contributed by atoms with van der Waals surface area (Å²) >= 11 is 5.47. The summed E-state index contributed by atoms with van der Waals surface area (Å²) < 4.78 is 1.71. The number of aromatic nitrogens is 3. The molecular weight excluding hydrogens is 268 g/mol. The highest BCUT2D eigenvalue weighted by molar-refractivity contribution is 7.80. The van der Waals surface area contributed by atoms with Gasteiger partial charge in [-0.05, 0) is 31.1 Å². The predicted molar refractivity (Wildman–Crippen MR) is 86.8 cm³/mol. The normalized spacial score (nSPS) is 11.8. The summed E-state index contributed by atoms with van der Waals surface area (Å²) in [4.78, 5) is 0.666. The molecule has 4 nitrogen and oxygen atoms in total. The lowest BCUT2D eigenvalue weighted by atomic mass is 10.2. The number of unbranched alkanes of at least 4 members (excludes halogenated alkanes) is 1. The van der Waals surface area contributed by atoms with Gasteiger partial charge in [-0.15, -0.1) is 5.10 Å². The molecule has 0 saturated heterocycles. The van der Waals surface area contributed by atoms with Crippen LogP contribution in [0.2, 0.25) is 0 Å². The Morgan fingerprint density at radius 1 is 1.35 bits per heavy atom. The summed E-state index contributed by atoms with van der Waals surface area (Å²) in [7, 11) is 0. The molecule has 20 heavy (non-hydrogen) atoms. The van der Waals surface area contributed by atoms with Crippen LogP contribution in [0, 0.1) is 0 Å². The van der Waals surface area contributed by atoms with E-state index in [4.69, 9.17) is 12.2 Å². The van der Waals surface area contributed by atoms with Gasteiger partial charge < -0.3 is 5.32 Å². The molecule has 0 fully saturated rings. The summed E-state index contributed by atoms with van der Waals surface area (Å²) in [5.74, 6) is 0. The molecule has 106 valence electrons. The second-order valence-corrected chi connectivity index (χ2v) is 5.05. The molecule has 0 unspecified atom stereocenters. The van der Waals surface area contributed by atoms with E-state index in [1.54, 1.807) is 4.68 Å². The number of hydrogen-bond donors (Lipinski definition) is 1. The van der Waals surface area contributed by atoms with Crippen LogP contribution in [0.3, 0.4) is 0 Å². The zero-order valence-corrected chi connectivity index (χ0v) is 12.8. The quantitative estimate of drug-likeness (QED) is 0.503. The SMILES string of the molecule is CCCCN/C(=C\C(=S)n1nnc2ccccc21)CC. The first-order chi connectivity index (χ1) is 9.76. The Balaban J connectivity index is 2.17. The van der Waals surface area contributed by atoms with E-state index in [-0.39, 0.29) is 0 Å². The molecule has 1 aromatic heterocycles. The Bertz CT molecular complexity index is 615. The fraction of sp³-hybridized carbons (Fsp3) is 0.400. The molecule has 1 N–H and O–H groups in total. The van der Waals surface area contributed by atoms with Gasteiger partial charge in [0.2, 0.25) is 0 Å². The largest absolute Gasteiger partial charge is 0.388 e. The topological polar surface area (TPSA) is 42.7 Å². The molecule has 0 atom stereocenters. The van der Waals surface area contributed by atoms with E-state index in [2.05, 4.69) is 29.5 Å². The number of benzene rings is 1. The first kappa shape index (κ1) is 14.7. The van der Waals surface area contributed by atoms with E-state index in [0.717, 1.165) is 36.1 Å². The zero-order valence-electron chi connectivity index (χ0n) is 12.0. The van der Waals surface area contributed by atoms with Crippen molar-refractivity contribution in [3.8, 4) is 0 Å². The number of para-hydroxylation sites is 1. The monoisotopic (exact) mass is 288 g/mol. The Morgan fingerprint density at radius 2 is 2.15 bits per heavy atom. The fourth-order valence-electron chi connectivity index (χ4n) is 1.95. The molecule has 2 aromatic rings. The van der Waals surface area contributed by atoms with Crippen molar-refractivity contribution in [1.29, 1.82) is 0 Å². The van der Waals surface area contributed by atoms with E-state index < -0.39 is 0 Å². The van der Waals surface area contributed by atoms with Gasteiger partial charge in [-0.2, -0.15) is 0 Å². The van der Waals surface area contributed by atoms with Crippen LogP contribution < -0.4 is 5.32 Å². The summed E-state index contributed by atoms with van der Waals surface area (Å²) in [6.07, 6.45) is 5.25. The van der Waals surface area contributed by atoms with Crippen LogP contribution in [0.1, 0.15) is 33.1 Å². The van der Waals surface area contributed by atoms with Gasteiger partial charge in [0.15, 0.2) is 0 Å². The highest BCUT2D eigenvalue weighted by Crippen LogP contribution is 2.11. The molecule has 0 amide bonds. The molecule has 0 aliphatic heterocycles. The molecule has 1 heterocycles. The smallest absolute Gasteiger partial charge is 0.131 e. The zero-order chi connectivity index (χ0) is 14.4. The van der Waals surface area contributed by atoms with Gasteiger partial charge in [-0.1, -0.05) is 49.8 Å². The lowest BCUT2D eigenvalue weighted by Crippen LogP contribution is -2.17. The first-order valence-corrected chi connectivity index (χ1v) is 7.46. The van der Waals surface area contributed by atoms with E-state index in [1.165, 1.54) is 6.42 Å². The number of allylic oxidation sites excluding steroid dienone is 2. The maximum absolute atomic E-state index is 5.47. The lowest BCUT2D eigenvalue weighted by molar-refractivity contribution is 0.694. The summed E-state index contributed by atoms with van der Waals surface area (Å²) in [6.45, 7) is 5.28. The first-order valence-electron chi connectivity index (χ1n) is 7.05. The van der Waals surface area contributed by atoms with Crippen LogP contribution in [0.25, 0.3) is 11.0 Å². The average Bonchev–Trinajstić information content (AvgIpc) is 2.90. The van der Waals surface area contributed by atoms with Crippen LogP contribution in [0.4, 0.5) is 0 Å². The molecule has 1 aromatic carbocycles. The van der Waals surface area contributed by atoms with Crippen molar-refractivity contribution in [1.82, 2.24) is 20.3 Å². The average molecular weight is 288 g/mol. The minimum absolute atomic E-state index is 0.666. The highest BCUT2D eigenvalue weighted by Gasteiger charge is 2.07. The van der Waals surface area contributed by atoms with E-state index in [9.17, 15) is 0 Å². The lowest BCUT2D eigenvalue weighted by Gasteiger charge is -2.09. The van der Waals surface area contributed by atoms with Gasteiger partial charge in [-0.3, -0.25) is 0 Å². The second kappa shape index (κ2) is 7.14. The number of hydrogen-bond acceptors (Lipinski definition) is 4. The number of nitrogens with zero attached hydrogens (tertiary/aromatic N) is 3. The standard InChI is InChI=1S/C15H20N4S/c1-3-5-10-16-12(4-2)11-15(20)19-14-9-7-6-8-13(14)17-18-19/h6-9,11,16H,3-5,10H2,1-2H3/b12-11-. The van der Waals surface area contributed by atoms with Gasteiger partial charge in [0.25, 0.3) is 0 Å². The minimum Gasteiger partial charge on any atom is -0.388 e. The molecule has 0 spiro atoms. The summed E-state index contributed by atoms with van der Waals surface area (Å²) in [5, 5.41) is 11.7. The summed E-state index contributed by atoms with van der Waals surface area (Å²) in [6, 6.07) is 7.83. The molecule has 0 aliphatic rings. The van der Waals surface area contributed by atoms with Crippen molar-refractivity contribution < 1.29 is 0 Å². The number of fused-ring (bicyclic) bond motifs is 1. The molecule has 0 saturated carbocycles. The summed E-state index contributed by atoms with van der Waals surface area (Å²) in [5.41, 5.74) is 2.95. The van der Waals surface area contributed by atoms with Crippen molar-refractivity contribution in [2.75, 3.05) is 6.54 Å². The Kier molecular flexibility index (Phi) is 5.24. The molecule has 0 aliphatic carbocycles. The molecule has 5 heteroatoms. The third kappa shape index (κ3) is 3.42. The third-order valence-electron chi connectivity index (χ3n) is 3.12. The maximum Gasteiger partial charge on any atom is 0.131 e. The highest BCUT2D eigenvalue weighted by atomic mass is 32.1. The van der Waals surface area contributed by atoms with Crippen LogP contribution in [0.5, 0.6) is 0 Å². The van der Waals surface area contributed by atoms with Crippen LogP contribution in [-0.2, 0) is 0 Å². The van der Waals surface area contributed by atoms with Gasteiger partial charge in [0.05, 0.1) is 5.52 Å². The fourth-order valence-corrected chi connectivity index (χ4v) is 2.22. The Hall–Kier alpha value is -1.75. The van der Waals surface area contributed by atoms with Gasteiger partial charge in [0, 0.05) is 12.2 Å². The van der Waals surface area contributed by atoms with Crippen molar-refractivity contribution >= 4 is 28.2 Å². The van der Waals surface area contributed by atoms with E-state index >= 15 is 0 Å². The van der Waals surface area contributed by atoms with E-state index in [0.29, 0.717) is 4.99 Å². The van der Waals surface area contributed by atoms with Crippen molar-refractivity contribution in [3.05, 3.63) is 36.0 Å². The van der Waals surface area contributed by atoms with Gasteiger partial charge in [-0.25, -0.2) is 4.68 Å². The van der Waals surface area contributed by atoms with Crippen molar-refractivity contribution in [2.45, 2.75) is 33.1 Å². The number of rotatable bonds is 6. The van der Waals surface area contributed by atoms with Crippen LogP contribution in [-0.4, -0.2) is 26.5 Å². The van der Waals surface area contributed by atoms with Crippen LogP contribution in [0.15, 0.2) is 36.0 Å². The van der Waals surface area contributed by atoms with Crippen molar-refractivity contribution in [3.63, 3.8) is 0 Å². The van der Waals surface area contributed by atoms with Gasteiger partial charge >= 0.3 is 0 Å².